The van der Waals surface area contributed by atoms with Gasteiger partial charge in [0, 0.05) is 18.5 Å². The van der Waals surface area contributed by atoms with Gasteiger partial charge in [-0.25, -0.2) is 0 Å². The largest absolute Gasteiger partial charge is 0.447 e. The molecule has 1 rings (SSSR count). The normalized spacial score (nSPS) is 11.6. The molecule has 0 heterocycles. The Morgan fingerprint density at radius 2 is 1.88 bits per heavy atom. The first-order valence-corrected chi connectivity index (χ1v) is 5.71. The lowest BCUT2D eigenvalue weighted by atomic mass is 10.1. The van der Waals surface area contributed by atoms with Crippen LogP contribution in [-0.4, -0.2) is 18.4 Å². The smallest absolute Gasteiger partial charge is 0.306 e. The van der Waals surface area contributed by atoms with Crippen molar-refractivity contribution in [3.8, 4) is 0 Å². The summed E-state index contributed by atoms with van der Waals surface area (Å²) < 4.78 is 5.15. The van der Waals surface area contributed by atoms with Gasteiger partial charge in [-0.2, -0.15) is 0 Å². The highest BCUT2D eigenvalue weighted by Gasteiger charge is 2.23. The van der Waals surface area contributed by atoms with E-state index in [2.05, 4.69) is 5.32 Å². The van der Waals surface area contributed by atoms with E-state index in [0.29, 0.717) is 12.1 Å². The van der Waals surface area contributed by atoms with Crippen LogP contribution < -0.4 is 5.32 Å². The second-order valence-electron chi connectivity index (χ2n) is 3.53. The molecule has 0 aliphatic heterocycles. The van der Waals surface area contributed by atoms with E-state index in [0.717, 1.165) is 0 Å². The summed E-state index contributed by atoms with van der Waals surface area (Å²) in [4.78, 5) is 23.1. The number of hydrogen-bond donors (Lipinski definition) is 1. The molecule has 1 aromatic carbocycles. The van der Waals surface area contributed by atoms with E-state index < -0.39 is 6.10 Å². The Labute approximate surface area is 101 Å². The third-order valence-corrected chi connectivity index (χ3v) is 2.23. The monoisotopic (exact) mass is 235 g/mol. The number of rotatable bonds is 5. The van der Waals surface area contributed by atoms with Gasteiger partial charge in [0.2, 0.25) is 6.10 Å². The van der Waals surface area contributed by atoms with Crippen molar-refractivity contribution >= 4 is 11.9 Å². The van der Waals surface area contributed by atoms with Crippen molar-refractivity contribution in [3.63, 3.8) is 0 Å². The number of benzene rings is 1. The van der Waals surface area contributed by atoms with Crippen LogP contribution in [0.2, 0.25) is 0 Å². The number of amides is 1. The third-order valence-electron chi connectivity index (χ3n) is 2.23. The first kappa shape index (κ1) is 13.2. The van der Waals surface area contributed by atoms with E-state index >= 15 is 0 Å². The van der Waals surface area contributed by atoms with Crippen molar-refractivity contribution in [2.75, 3.05) is 6.54 Å². The van der Waals surface area contributed by atoms with E-state index in [1.165, 1.54) is 0 Å². The molecular weight excluding hydrogens is 218 g/mol. The minimum atomic E-state index is -0.858. The van der Waals surface area contributed by atoms with E-state index in [-0.39, 0.29) is 18.3 Å². The van der Waals surface area contributed by atoms with Crippen molar-refractivity contribution in [2.24, 2.45) is 0 Å². The van der Waals surface area contributed by atoms with Crippen LogP contribution in [0.5, 0.6) is 0 Å². The van der Waals surface area contributed by atoms with Crippen LogP contribution in [0.4, 0.5) is 0 Å². The van der Waals surface area contributed by atoms with Gasteiger partial charge in [-0.1, -0.05) is 37.3 Å². The second kappa shape index (κ2) is 6.68. The Morgan fingerprint density at radius 3 is 2.41 bits per heavy atom. The predicted octanol–water partition coefficient (Wildman–Crippen LogP) is 1.82. The zero-order valence-corrected chi connectivity index (χ0v) is 10.1. The number of carbonyl (C=O) groups is 2. The van der Waals surface area contributed by atoms with E-state index in [1.54, 1.807) is 31.2 Å². The molecule has 0 aliphatic carbocycles. The molecule has 0 bridgehead atoms. The summed E-state index contributed by atoms with van der Waals surface area (Å²) in [7, 11) is 0. The molecule has 4 heteroatoms. The molecule has 92 valence electrons. The summed E-state index contributed by atoms with van der Waals surface area (Å²) in [6.45, 7) is 4.02. The van der Waals surface area contributed by atoms with Crippen molar-refractivity contribution in [2.45, 2.75) is 26.4 Å². The van der Waals surface area contributed by atoms with Gasteiger partial charge in [-0.15, -0.1) is 0 Å². The van der Waals surface area contributed by atoms with Gasteiger partial charge in [-0.3, -0.25) is 9.59 Å². The summed E-state index contributed by atoms with van der Waals surface area (Å²) in [6, 6.07) is 8.99. The highest BCUT2D eigenvalue weighted by atomic mass is 16.5. The van der Waals surface area contributed by atoms with Crippen LogP contribution in [0, 0.1) is 0 Å². The topological polar surface area (TPSA) is 55.4 Å². The Kier molecular flexibility index (Phi) is 5.20. The Hall–Kier alpha value is -1.84. The third kappa shape index (κ3) is 3.90. The van der Waals surface area contributed by atoms with Gasteiger partial charge < -0.3 is 10.1 Å². The van der Waals surface area contributed by atoms with Crippen LogP contribution in [0.3, 0.4) is 0 Å². The Balaban J connectivity index is 2.86. The summed E-state index contributed by atoms with van der Waals surface area (Å²) in [5, 5.41) is 2.66. The lowest BCUT2D eigenvalue weighted by molar-refractivity contribution is -0.156. The Morgan fingerprint density at radius 1 is 1.24 bits per heavy atom. The number of hydrogen-bond acceptors (Lipinski definition) is 3. The Bertz CT molecular complexity index is 376. The maximum Gasteiger partial charge on any atom is 0.306 e. The van der Waals surface area contributed by atoms with Gasteiger partial charge in [0.1, 0.15) is 0 Å². The predicted molar refractivity (Wildman–Crippen MR) is 64.2 cm³/mol. The molecule has 1 N–H and O–H groups in total. The standard InChI is InChI=1S/C13H17NO3/c1-3-11(15)17-12(13(16)14-4-2)10-8-6-5-7-9-10/h5-9,12H,3-4H2,1-2H3,(H,14,16). The summed E-state index contributed by atoms with van der Waals surface area (Å²) >= 11 is 0. The number of likely N-dealkylation sites (N-methyl/N-ethyl adjacent to an activating group) is 1. The fourth-order valence-corrected chi connectivity index (χ4v) is 1.38. The molecular formula is C13H17NO3. The summed E-state index contributed by atoms with van der Waals surface area (Å²) in [5.41, 5.74) is 0.681. The second-order valence-corrected chi connectivity index (χ2v) is 3.53. The number of ether oxygens (including phenoxy) is 1. The SMILES string of the molecule is CCNC(=O)C(OC(=O)CC)c1ccccc1. The summed E-state index contributed by atoms with van der Waals surface area (Å²) in [6.07, 6.45) is -0.605. The first-order valence-electron chi connectivity index (χ1n) is 5.71. The van der Waals surface area contributed by atoms with Gasteiger partial charge in [0.25, 0.3) is 5.91 Å². The number of esters is 1. The molecule has 1 unspecified atom stereocenters. The first-order chi connectivity index (χ1) is 8.19. The molecule has 0 spiro atoms. The van der Waals surface area contributed by atoms with Crippen molar-refractivity contribution in [1.29, 1.82) is 0 Å². The maximum atomic E-state index is 11.8. The van der Waals surface area contributed by atoms with E-state index in [1.807, 2.05) is 13.0 Å². The average molecular weight is 235 g/mol. The maximum absolute atomic E-state index is 11.8. The molecule has 1 amide bonds. The van der Waals surface area contributed by atoms with Gasteiger partial charge in [0.15, 0.2) is 0 Å². The van der Waals surface area contributed by atoms with Crippen molar-refractivity contribution < 1.29 is 14.3 Å². The van der Waals surface area contributed by atoms with Crippen LogP contribution in [-0.2, 0) is 14.3 Å². The molecule has 1 aromatic rings. The fraction of sp³-hybridized carbons (Fsp3) is 0.385. The molecule has 0 aliphatic rings. The highest BCUT2D eigenvalue weighted by molar-refractivity contribution is 5.84. The highest BCUT2D eigenvalue weighted by Crippen LogP contribution is 2.18. The lowest BCUT2D eigenvalue weighted by Crippen LogP contribution is -2.31. The average Bonchev–Trinajstić information content (AvgIpc) is 2.36. The summed E-state index contributed by atoms with van der Waals surface area (Å²) in [5.74, 6) is -0.675. The molecule has 4 nitrogen and oxygen atoms in total. The molecule has 0 aromatic heterocycles. The van der Waals surface area contributed by atoms with Gasteiger partial charge >= 0.3 is 5.97 Å². The fourth-order valence-electron chi connectivity index (χ4n) is 1.38. The number of carbonyl (C=O) groups excluding carboxylic acids is 2. The molecule has 0 saturated carbocycles. The lowest BCUT2D eigenvalue weighted by Gasteiger charge is -2.17. The van der Waals surface area contributed by atoms with Crippen LogP contribution >= 0.6 is 0 Å². The zero-order valence-electron chi connectivity index (χ0n) is 10.1. The van der Waals surface area contributed by atoms with Gasteiger partial charge in [-0.05, 0) is 6.92 Å². The van der Waals surface area contributed by atoms with Crippen LogP contribution in [0.15, 0.2) is 30.3 Å². The quantitative estimate of drug-likeness (QED) is 0.792. The molecule has 0 radical (unpaired) electrons. The zero-order chi connectivity index (χ0) is 12.7. The molecule has 0 fully saturated rings. The molecule has 1 atom stereocenters. The minimum absolute atomic E-state index is 0.253. The van der Waals surface area contributed by atoms with E-state index in [4.69, 9.17) is 4.74 Å². The molecule has 0 saturated heterocycles. The minimum Gasteiger partial charge on any atom is -0.447 e. The number of nitrogens with one attached hydrogen (secondary N) is 1. The van der Waals surface area contributed by atoms with Crippen LogP contribution in [0.1, 0.15) is 31.9 Å². The molecule has 17 heavy (non-hydrogen) atoms. The van der Waals surface area contributed by atoms with Crippen molar-refractivity contribution in [3.05, 3.63) is 35.9 Å². The van der Waals surface area contributed by atoms with Gasteiger partial charge in [0.05, 0.1) is 0 Å². The van der Waals surface area contributed by atoms with Crippen LogP contribution in [0.25, 0.3) is 0 Å². The van der Waals surface area contributed by atoms with Crippen molar-refractivity contribution in [1.82, 2.24) is 5.32 Å². The van der Waals surface area contributed by atoms with E-state index in [9.17, 15) is 9.59 Å².